The minimum absolute atomic E-state index is 0.0523. The molecule has 0 N–H and O–H groups in total. The third kappa shape index (κ3) is 2.15. The summed E-state index contributed by atoms with van der Waals surface area (Å²) in [6.07, 6.45) is 0.518. The number of carbonyl (C=O) groups excluding carboxylic acids is 2. The molecule has 94 valence electrons. The number of fused-ring (bicyclic) bond motifs is 1. The van der Waals surface area contributed by atoms with Gasteiger partial charge in [0.1, 0.15) is 0 Å². The van der Waals surface area contributed by atoms with Gasteiger partial charge in [-0.05, 0) is 24.1 Å². The third-order valence-electron chi connectivity index (χ3n) is 3.47. The van der Waals surface area contributed by atoms with E-state index >= 15 is 0 Å². The first-order valence-corrected chi connectivity index (χ1v) is 6.88. The van der Waals surface area contributed by atoms with E-state index in [-0.39, 0.29) is 11.6 Å². The number of hydrogen-bond acceptors (Lipinski definition) is 2. The molecule has 1 aliphatic rings. The molecule has 0 aliphatic heterocycles. The molecule has 2 aromatic carbocycles. The van der Waals surface area contributed by atoms with Crippen LogP contribution in [0.5, 0.6) is 0 Å². The van der Waals surface area contributed by atoms with Crippen molar-refractivity contribution in [1.82, 2.24) is 0 Å². The maximum Gasteiger partial charge on any atom is 0.174 e. The predicted molar refractivity (Wildman–Crippen MR) is 76.4 cm³/mol. The number of ketones is 2. The average molecular weight is 315 g/mol. The molecular weight excluding hydrogens is 304 g/mol. The van der Waals surface area contributed by atoms with Crippen LogP contribution in [-0.4, -0.2) is 11.6 Å². The highest BCUT2D eigenvalue weighted by atomic mass is 79.9. The van der Waals surface area contributed by atoms with Crippen LogP contribution in [0.4, 0.5) is 0 Å². The first-order chi connectivity index (χ1) is 9.16. The molecule has 19 heavy (non-hydrogen) atoms. The van der Waals surface area contributed by atoms with E-state index in [0.717, 1.165) is 10.0 Å². The maximum atomic E-state index is 12.4. The Labute approximate surface area is 119 Å². The van der Waals surface area contributed by atoms with Crippen molar-refractivity contribution in [3.8, 4) is 0 Å². The summed E-state index contributed by atoms with van der Waals surface area (Å²) in [7, 11) is 0. The molecule has 0 radical (unpaired) electrons. The van der Waals surface area contributed by atoms with Gasteiger partial charge < -0.3 is 0 Å². The lowest BCUT2D eigenvalue weighted by Crippen LogP contribution is -2.20. The van der Waals surface area contributed by atoms with E-state index in [2.05, 4.69) is 15.9 Å². The van der Waals surface area contributed by atoms with Crippen molar-refractivity contribution < 1.29 is 9.59 Å². The zero-order valence-electron chi connectivity index (χ0n) is 10.1. The number of hydrogen-bond donors (Lipinski definition) is 0. The van der Waals surface area contributed by atoms with Gasteiger partial charge in [0.2, 0.25) is 0 Å². The molecule has 0 heterocycles. The number of halogens is 1. The summed E-state index contributed by atoms with van der Waals surface area (Å²) in [5.41, 5.74) is 2.26. The van der Waals surface area contributed by atoms with Crippen LogP contribution < -0.4 is 0 Å². The summed E-state index contributed by atoms with van der Waals surface area (Å²) in [4.78, 5) is 24.6. The highest BCUT2D eigenvalue weighted by Gasteiger charge is 2.35. The van der Waals surface area contributed by atoms with Crippen LogP contribution in [-0.2, 0) is 6.42 Å². The van der Waals surface area contributed by atoms with Crippen LogP contribution >= 0.6 is 15.9 Å². The van der Waals surface area contributed by atoms with Gasteiger partial charge in [-0.1, -0.05) is 52.3 Å². The molecule has 1 aliphatic carbocycles. The fourth-order valence-corrected chi connectivity index (χ4v) is 2.73. The molecule has 0 amide bonds. The second kappa shape index (κ2) is 4.74. The predicted octanol–water partition coefficient (Wildman–Crippen LogP) is 3.69. The van der Waals surface area contributed by atoms with Gasteiger partial charge >= 0.3 is 0 Å². The normalized spacial score (nSPS) is 17.3. The summed E-state index contributed by atoms with van der Waals surface area (Å²) < 4.78 is 0.921. The van der Waals surface area contributed by atoms with Crippen molar-refractivity contribution in [3.63, 3.8) is 0 Å². The Hall–Kier alpha value is -1.74. The highest BCUT2D eigenvalue weighted by molar-refractivity contribution is 9.10. The van der Waals surface area contributed by atoms with Crippen molar-refractivity contribution in [2.45, 2.75) is 6.42 Å². The van der Waals surface area contributed by atoms with Gasteiger partial charge in [0.05, 0.1) is 5.92 Å². The lowest BCUT2D eigenvalue weighted by Gasteiger charge is -2.06. The van der Waals surface area contributed by atoms with Crippen molar-refractivity contribution in [2.24, 2.45) is 5.92 Å². The highest BCUT2D eigenvalue weighted by Crippen LogP contribution is 2.29. The second-order valence-electron chi connectivity index (χ2n) is 4.65. The quantitative estimate of drug-likeness (QED) is 0.626. The molecule has 3 heteroatoms. The Morgan fingerprint density at radius 2 is 1.74 bits per heavy atom. The SMILES string of the molecule is O=C(c1ccc(Br)cc1)C1Cc2ccccc2C1=O. The van der Waals surface area contributed by atoms with Crippen LogP contribution in [0.15, 0.2) is 53.0 Å². The van der Waals surface area contributed by atoms with Crippen LogP contribution in [0.2, 0.25) is 0 Å². The van der Waals surface area contributed by atoms with Crippen LogP contribution in [0, 0.1) is 5.92 Å². The monoisotopic (exact) mass is 314 g/mol. The fourth-order valence-electron chi connectivity index (χ4n) is 2.47. The minimum atomic E-state index is -0.557. The summed E-state index contributed by atoms with van der Waals surface area (Å²) in [5.74, 6) is -0.698. The number of benzene rings is 2. The van der Waals surface area contributed by atoms with Gasteiger partial charge in [-0.25, -0.2) is 0 Å². The van der Waals surface area contributed by atoms with Crippen LogP contribution in [0.3, 0.4) is 0 Å². The Bertz CT molecular complexity index is 659. The molecule has 2 nitrogen and oxygen atoms in total. The van der Waals surface area contributed by atoms with Crippen LogP contribution in [0.1, 0.15) is 26.3 Å². The smallest absolute Gasteiger partial charge is 0.174 e. The van der Waals surface area contributed by atoms with Gasteiger partial charge in [-0.2, -0.15) is 0 Å². The van der Waals surface area contributed by atoms with E-state index in [4.69, 9.17) is 0 Å². The lowest BCUT2D eigenvalue weighted by molar-refractivity contribution is 0.0822. The largest absolute Gasteiger partial charge is 0.293 e. The molecular formula is C16H11BrO2. The molecule has 0 bridgehead atoms. The van der Waals surface area contributed by atoms with Gasteiger partial charge in [0.15, 0.2) is 11.6 Å². The maximum absolute atomic E-state index is 12.4. The van der Waals surface area contributed by atoms with E-state index in [1.807, 2.05) is 30.3 Å². The van der Waals surface area contributed by atoms with E-state index in [0.29, 0.717) is 17.5 Å². The van der Waals surface area contributed by atoms with E-state index in [9.17, 15) is 9.59 Å². The second-order valence-corrected chi connectivity index (χ2v) is 5.56. The van der Waals surface area contributed by atoms with Gasteiger partial charge in [0, 0.05) is 15.6 Å². The Kier molecular flexibility index (Phi) is 3.07. The van der Waals surface area contributed by atoms with Gasteiger partial charge in [-0.3, -0.25) is 9.59 Å². The van der Waals surface area contributed by atoms with Gasteiger partial charge in [-0.15, -0.1) is 0 Å². The zero-order chi connectivity index (χ0) is 13.4. The van der Waals surface area contributed by atoms with E-state index in [1.165, 1.54) is 0 Å². The Balaban J connectivity index is 1.91. The van der Waals surface area contributed by atoms with Gasteiger partial charge in [0.25, 0.3) is 0 Å². The van der Waals surface area contributed by atoms with Crippen molar-refractivity contribution in [1.29, 1.82) is 0 Å². The third-order valence-corrected chi connectivity index (χ3v) is 4.00. The van der Waals surface area contributed by atoms with E-state index in [1.54, 1.807) is 18.2 Å². The summed E-state index contributed by atoms with van der Waals surface area (Å²) in [5, 5.41) is 0. The molecule has 0 saturated carbocycles. The Morgan fingerprint density at radius 1 is 1.05 bits per heavy atom. The first kappa shape index (κ1) is 12.3. The molecule has 1 atom stereocenters. The van der Waals surface area contributed by atoms with E-state index < -0.39 is 5.92 Å². The molecule has 0 saturated heterocycles. The molecule has 1 unspecified atom stereocenters. The summed E-state index contributed by atoms with van der Waals surface area (Å²) >= 11 is 3.33. The topological polar surface area (TPSA) is 34.1 Å². The molecule has 2 aromatic rings. The molecule has 3 rings (SSSR count). The average Bonchev–Trinajstić information content (AvgIpc) is 2.77. The number of carbonyl (C=O) groups is 2. The fraction of sp³-hybridized carbons (Fsp3) is 0.125. The van der Waals surface area contributed by atoms with Crippen molar-refractivity contribution >= 4 is 27.5 Å². The molecule has 0 fully saturated rings. The first-order valence-electron chi connectivity index (χ1n) is 6.09. The zero-order valence-corrected chi connectivity index (χ0v) is 11.7. The standard InChI is InChI=1S/C16H11BrO2/c17-12-7-5-10(6-8-12)15(18)14-9-11-3-1-2-4-13(11)16(14)19/h1-8,14H,9H2. The van der Waals surface area contributed by atoms with Crippen LogP contribution in [0.25, 0.3) is 0 Å². The Morgan fingerprint density at radius 3 is 2.42 bits per heavy atom. The van der Waals surface area contributed by atoms with Crippen molar-refractivity contribution in [3.05, 3.63) is 69.7 Å². The minimum Gasteiger partial charge on any atom is -0.293 e. The number of Topliss-reactive ketones (excluding diaryl/α,β-unsaturated/α-hetero) is 2. The molecule has 0 spiro atoms. The summed E-state index contributed by atoms with van der Waals surface area (Å²) in [6.45, 7) is 0. The number of rotatable bonds is 2. The summed E-state index contributed by atoms with van der Waals surface area (Å²) in [6, 6.07) is 14.6. The van der Waals surface area contributed by atoms with Crippen molar-refractivity contribution in [2.75, 3.05) is 0 Å². The molecule has 0 aromatic heterocycles. The lowest BCUT2D eigenvalue weighted by atomic mass is 9.94.